The molecule has 0 bridgehead atoms. The molecule has 0 saturated carbocycles. The molecule has 0 fully saturated rings. The van der Waals surface area contributed by atoms with E-state index in [4.69, 9.17) is 4.74 Å². The smallest absolute Gasteiger partial charge is 0.0765 e. The van der Waals surface area contributed by atoms with Crippen LogP contribution in [0.3, 0.4) is 0 Å². The Labute approximate surface area is 81.5 Å². The monoisotopic (exact) mass is 189 g/mol. The Morgan fingerprint density at radius 1 is 1.46 bits per heavy atom. The second kappa shape index (κ2) is 7.30. The zero-order valence-electron chi connectivity index (χ0n) is 9.10. The summed E-state index contributed by atoms with van der Waals surface area (Å²) in [5.74, 6) is 0. The number of nitrogens with one attached hydrogen (secondary N) is 1. The van der Waals surface area contributed by atoms with E-state index < -0.39 is 5.60 Å². The minimum absolute atomic E-state index is 0.614. The standard InChI is InChI=1S/C10H23NO2/c1-4-5-7-11-9-10(2,12)6-8-13-3/h11-12H,4-9H2,1-3H3. The van der Waals surface area contributed by atoms with Crippen molar-refractivity contribution in [2.75, 3.05) is 26.8 Å². The molecule has 0 spiro atoms. The molecule has 0 aromatic carbocycles. The molecule has 80 valence electrons. The van der Waals surface area contributed by atoms with Crippen molar-refractivity contribution in [3.8, 4) is 0 Å². The lowest BCUT2D eigenvalue weighted by atomic mass is 10.0. The fourth-order valence-electron chi connectivity index (χ4n) is 1.07. The molecule has 2 N–H and O–H groups in total. The van der Waals surface area contributed by atoms with Crippen LogP contribution in [0, 0.1) is 0 Å². The predicted octanol–water partition coefficient (Wildman–Crippen LogP) is 1.16. The van der Waals surface area contributed by atoms with Crippen molar-refractivity contribution in [2.45, 2.75) is 38.7 Å². The Morgan fingerprint density at radius 3 is 2.69 bits per heavy atom. The number of rotatable bonds is 8. The van der Waals surface area contributed by atoms with Crippen molar-refractivity contribution in [2.24, 2.45) is 0 Å². The maximum absolute atomic E-state index is 9.80. The van der Waals surface area contributed by atoms with Crippen LogP contribution in [0.5, 0.6) is 0 Å². The first kappa shape index (κ1) is 12.9. The first-order valence-corrected chi connectivity index (χ1v) is 5.04. The van der Waals surface area contributed by atoms with Gasteiger partial charge in [0.05, 0.1) is 5.60 Å². The van der Waals surface area contributed by atoms with E-state index in [1.165, 1.54) is 12.8 Å². The highest BCUT2D eigenvalue weighted by atomic mass is 16.5. The third-order valence-electron chi connectivity index (χ3n) is 2.06. The molecule has 0 aromatic rings. The van der Waals surface area contributed by atoms with E-state index in [2.05, 4.69) is 12.2 Å². The predicted molar refractivity (Wildman–Crippen MR) is 54.9 cm³/mol. The summed E-state index contributed by atoms with van der Waals surface area (Å²) in [6.07, 6.45) is 3.04. The van der Waals surface area contributed by atoms with Crippen LogP contribution in [0.4, 0.5) is 0 Å². The van der Waals surface area contributed by atoms with Crippen LogP contribution >= 0.6 is 0 Å². The highest BCUT2D eigenvalue weighted by Crippen LogP contribution is 2.07. The number of ether oxygens (including phenoxy) is 1. The molecular formula is C10H23NO2. The molecule has 3 heteroatoms. The van der Waals surface area contributed by atoms with E-state index in [9.17, 15) is 5.11 Å². The van der Waals surface area contributed by atoms with Gasteiger partial charge < -0.3 is 15.2 Å². The summed E-state index contributed by atoms with van der Waals surface area (Å²) in [7, 11) is 1.65. The fourth-order valence-corrected chi connectivity index (χ4v) is 1.07. The molecule has 3 nitrogen and oxygen atoms in total. The van der Waals surface area contributed by atoms with Gasteiger partial charge in [-0.05, 0) is 19.9 Å². The zero-order chi connectivity index (χ0) is 10.2. The van der Waals surface area contributed by atoms with Crippen LogP contribution in [0.2, 0.25) is 0 Å². The van der Waals surface area contributed by atoms with Crippen LogP contribution in [-0.2, 0) is 4.74 Å². The third kappa shape index (κ3) is 8.22. The second-order valence-electron chi connectivity index (χ2n) is 3.77. The Bertz CT molecular complexity index is 115. The molecule has 0 aromatic heterocycles. The summed E-state index contributed by atoms with van der Waals surface area (Å²) in [4.78, 5) is 0. The van der Waals surface area contributed by atoms with Gasteiger partial charge in [0, 0.05) is 26.7 Å². The zero-order valence-corrected chi connectivity index (χ0v) is 9.10. The van der Waals surface area contributed by atoms with Crippen LogP contribution in [0.1, 0.15) is 33.1 Å². The topological polar surface area (TPSA) is 41.5 Å². The van der Waals surface area contributed by atoms with Gasteiger partial charge in [-0.25, -0.2) is 0 Å². The van der Waals surface area contributed by atoms with Crippen molar-refractivity contribution < 1.29 is 9.84 Å². The summed E-state index contributed by atoms with van der Waals surface area (Å²) in [6.45, 7) is 6.24. The number of hydrogen-bond acceptors (Lipinski definition) is 3. The number of aliphatic hydroxyl groups is 1. The highest BCUT2D eigenvalue weighted by Gasteiger charge is 2.18. The fraction of sp³-hybridized carbons (Fsp3) is 1.00. The van der Waals surface area contributed by atoms with Gasteiger partial charge in [-0.15, -0.1) is 0 Å². The first-order valence-electron chi connectivity index (χ1n) is 5.04. The van der Waals surface area contributed by atoms with E-state index in [-0.39, 0.29) is 0 Å². The van der Waals surface area contributed by atoms with E-state index in [1.54, 1.807) is 7.11 Å². The second-order valence-corrected chi connectivity index (χ2v) is 3.77. The van der Waals surface area contributed by atoms with Crippen LogP contribution in [-0.4, -0.2) is 37.5 Å². The molecule has 0 aliphatic heterocycles. The summed E-state index contributed by atoms with van der Waals surface area (Å²) >= 11 is 0. The van der Waals surface area contributed by atoms with Crippen molar-refractivity contribution in [1.82, 2.24) is 5.32 Å². The average molecular weight is 189 g/mol. The molecule has 0 heterocycles. The maximum Gasteiger partial charge on any atom is 0.0765 e. The molecule has 0 amide bonds. The summed E-state index contributed by atoms with van der Waals surface area (Å²) in [6, 6.07) is 0. The quantitative estimate of drug-likeness (QED) is 0.563. The number of unbranched alkanes of at least 4 members (excludes halogenated alkanes) is 1. The van der Waals surface area contributed by atoms with Crippen molar-refractivity contribution in [1.29, 1.82) is 0 Å². The lowest BCUT2D eigenvalue weighted by molar-refractivity contribution is 0.0251. The minimum Gasteiger partial charge on any atom is -0.389 e. The molecule has 0 aliphatic rings. The third-order valence-corrected chi connectivity index (χ3v) is 2.06. The van der Waals surface area contributed by atoms with E-state index >= 15 is 0 Å². The van der Waals surface area contributed by atoms with Gasteiger partial charge in [-0.2, -0.15) is 0 Å². The Kier molecular flexibility index (Phi) is 7.23. The van der Waals surface area contributed by atoms with Gasteiger partial charge in [0.1, 0.15) is 0 Å². The lowest BCUT2D eigenvalue weighted by Gasteiger charge is -2.23. The molecular weight excluding hydrogens is 166 g/mol. The van der Waals surface area contributed by atoms with Gasteiger partial charge in [0.15, 0.2) is 0 Å². The van der Waals surface area contributed by atoms with Gasteiger partial charge >= 0.3 is 0 Å². The summed E-state index contributed by atoms with van der Waals surface area (Å²) in [5, 5.41) is 13.0. The summed E-state index contributed by atoms with van der Waals surface area (Å²) in [5.41, 5.74) is -0.635. The van der Waals surface area contributed by atoms with E-state index in [1.807, 2.05) is 6.92 Å². The first-order chi connectivity index (χ1) is 6.12. The lowest BCUT2D eigenvalue weighted by Crippen LogP contribution is -2.39. The van der Waals surface area contributed by atoms with Crippen molar-refractivity contribution in [3.63, 3.8) is 0 Å². The number of methoxy groups -OCH3 is 1. The van der Waals surface area contributed by atoms with Gasteiger partial charge in [0.2, 0.25) is 0 Å². The Balaban J connectivity index is 3.39. The molecule has 1 unspecified atom stereocenters. The van der Waals surface area contributed by atoms with E-state index in [0.29, 0.717) is 19.6 Å². The molecule has 13 heavy (non-hydrogen) atoms. The van der Waals surface area contributed by atoms with Crippen LogP contribution in [0.15, 0.2) is 0 Å². The number of hydrogen-bond donors (Lipinski definition) is 2. The molecule has 0 saturated heterocycles. The van der Waals surface area contributed by atoms with Crippen molar-refractivity contribution >= 4 is 0 Å². The van der Waals surface area contributed by atoms with E-state index in [0.717, 1.165) is 6.54 Å². The van der Waals surface area contributed by atoms with Gasteiger partial charge in [-0.3, -0.25) is 0 Å². The van der Waals surface area contributed by atoms with Gasteiger partial charge in [0.25, 0.3) is 0 Å². The normalized spacial score (nSPS) is 15.7. The molecule has 0 aliphatic carbocycles. The SMILES string of the molecule is CCCCNCC(C)(O)CCOC. The minimum atomic E-state index is -0.635. The Hall–Kier alpha value is -0.120. The van der Waals surface area contributed by atoms with Gasteiger partial charge in [-0.1, -0.05) is 13.3 Å². The average Bonchev–Trinajstić information content (AvgIpc) is 2.09. The summed E-state index contributed by atoms with van der Waals surface area (Å²) < 4.78 is 4.92. The maximum atomic E-state index is 9.80. The van der Waals surface area contributed by atoms with Crippen molar-refractivity contribution in [3.05, 3.63) is 0 Å². The van der Waals surface area contributed by atoms with Crippen LogP contribution < -0.4 is 5.32 Å². The Morgan fingerprint density at radius 2 is 2.15 bits per heavy atom. The molecule has 0 radical (unpaired) electrons. The molecule has 1 atom stereocenters. The highest BCUT2D eigenvalue weighted by molar-refractivity contribution is 4.74. The van der Waals surface area contributed by atoms with Crippen LogP contribution in [0.25, 0.3) is 0 Å². The largest absolute Gasteiger partial charge is 0.389 e. The molecule has 0 rings (SSSR count).